The van der Waals surface area contributed by atoms with Crippen LogP contribution in [0.1, 0.15) is 29.9 Å². The summed E-state index contributed by atoms with van der Waals surface area (Å²) in [5, 5.41) is 8.28. The van der Waals surface area contributed by atoms with Crippen LogP contribution < -0.4 is 10.1 Å². The van der Waals surface area contributed by atoms with Gasteiger partial charge in [0.1, 0.15) is 12.4 Å². The molecule has 0 aliphatic rings. The van der Waals surface area contributed by atoms with Gasteiger partial charge in [-0.1, -0.05) is 11.6 Å². The van der Waals surface area contributed by atoms with Gasteiger partial charge in [0.25, 0.3) is 0 Å². The van der Waals surface area contributed by atoms with Crippen molar-refractivity contribution in [1.29, 1.82) is 0 Å². The monoisotopic (exact) mass is 371 g/mol. The molecule has 2 rings (SSSR count). The molecule has 1 unspecified atom stereocenters. The summed E-state index contributed by atoms with van der Waals surface area (Å²) in [7, 11) is 3.83. The van der Waals surface area contributed by atoms with E-state index in [1.807, 2.05) is 43.9 Å². The predicted molar refractivity (Wildman–Crippen MR) is 88.9 cm³/mol. The third kappa shape index (κ3) is 3.59. The van der Waals surface area contributed by atoms with Gasteiger partial charge in [0.2, 0.25) is 0 Å². The van der Waals surface area contributed by atoms with Crippen LogP contribution in [0.15, 0.2) is 22.7 Å². The molecule has 0 amide bonds. The third-order valence-corrected chi connectivity index (χ3v) is 4.76. The van der Waals surface area contributed by atoms with Crippen molar-refractivity contribution in [1.82, 2.24) is 15.1 Å². The molecule has 4 nitrogen and oxygen atoms in total. The van der Waals surface area contributed by atoms with E-state index in [4.69, 9.17) is 16.3 Å². The normalized spacial score (nSPS) is 12.5. The van der Waals surface area contributed by atoms with Gasteiger partial charge in [-0.3, -0.25) is 4.68 Å². The SMILES string of the molecule is CNC(C)c1cc(Cl)ccc1OCc1c(Br)c(C)nn1C. The number of benzene rings is 1. The molecule has 2 aromatic rings. The van der Waals surface area contributed by atoms with E-state index < -0.39 is 0 Å². The van der Waals surface area contributed by atoms with Gasteiger partial charge in [0.05, 0.1) is 15.9 Å². The Bertz CT molecular complexity index is 642. The molecule has 114 valence electrons. The largest absolute Gasteiger partial charge is 0.487 e. The van der Waals surface area contributed by atoms with Crippen molar-refractivity contribution in [2.75, 3.05) is 7.05 Å². The molecule has 0 aliphatic heterocycles. The van der Waals surface area contributed by atoms with Gasteiger partial charge < -0.3 is 10.1 Å². The maximum absolute atomic E-state index is 6.08. The number of rotatable bonds is 5. The minimum Gasteiger partial charge on any atom is -0.487 e. The summed E-state index contributed by atoms with van der Waals surface area (Å²) < 4.78 is 8.80. The number of aryl methyl sites for hydroxylation is 2. The Morgan fingerprint density at radius 1 is 1.48 bits per heavy atom. The van der Waals surface area contributed by atoms with E-state index >= 15 is 0 Å². The van der Waals surface area contributed by atoms with Crippen LogP contribution in [0.3, 0.4) is 0 Å². The minimum absolute atomic E-state index is 0.162. The highest BCUT2D eigenvalue weighted by Gasteiger charge is 2.14. The molecular formula is C15H19BrClN3O. The van der Waals surface area contributed by atoms with Gasteiger partial charge in [-0.05, 0) is 55.0 Å². The molecule has 0 radical (unpaired) electrons. The van der Waals surface area contributed by atoms with Gasteiger partial charge >= 0.3 is 0 Å². The molecule has 6 heteroatoms. The number of halogens is 2. The lowest BCUT2D eigenvalue weighted by Crippen LogP contribution is -2.14. The van der Waals surface area contributed by atoms with Crippen molar-refractivity contribution in [3.8, 4) is 5.75 Å². The average molecular weight is 373 g/mol. The first kappa shape index (κ1) is 16.3. The predicted octanol–water partition coefficient (Wildman–Crippen LogP) is 4.00. The fourth-order valence-electron chi connectivity index (χ4n) is 2.13. The summed E-state index contributed by atoms with van der Waals surface area (Å²) in [6.07, 6.45) is 0. The Balaban J connectivity index is 2.24. The first-order chi connectivity index (χ1) is 9.93. The topological polar surface area (TPSA) is 39.1 Å². The highest BCUT2D eigenvalue weighted by Crippen LogP contribution is 2.30. The van der Waals surface area contributed by atoms with Gasteiger partial charge in [-0.25, -0.2) is 0 Å². The van der Waals surface area contributed by atoms with E-state index in [2.05, 4.69) is 33.3 Å². The zero-order chi connectivity index (χ0) is 15.6. The van der Waals surface area contributed by atoms with Crippen LogP contribution in [0.2, 0.25) is 5.02 Å². The van der Waals surface area contributed by atoms with Crippen LogP contribution in [0.4, 0.5) is 0 Å². The number of hydrogen-bond donors (Lipinski definition) is 1. The molecule has 0 saturated carbocycles. The second kappa shape index (κ2) is 6.81. The third-order valence-electron chi connectivity index (χ3n) is 3.50. The van der Waals surface area contributed by atoms with Gasteiger partial charge in [0.15, 0.2) is 0 Å². The first-order valence-corrected chi connectivity index (χ1v) is 7.88. The summed E-state index contributed by atoms with van der Waals surface area (Å²) in [4.78, 5) is 0. The van der Waals surface area contributed by atoms with E-state index in [0.29, 0.717) is 11.6 Å². The van der Waals surface area contributed by atoms with Crippen LogP contribution >= 0.6 is 27.5 Å². The van der Waals surface area contributed by atoms with E-state index in [-0.39, 0.29) is 6.04 Å². The van der Waals surface area contributed by atoms with Crippen LogP contribution in [0.25, 0.3) is 0 Å². The summed E-state index contributed by atoms with van der Waals surface area (Å²) in [6, 6.07) is 5.84. The molecule has 1 heterocycles. The maximum atomic E-state index is 6.08. The second-order valence-electron chi connectivity index (χ2n) is 4.95. The van der Waals surface area contributed by atoms with E-state index in [1.165, 1.54) is 0 Å². The number of hydrogen-bond acceptors (Lipinski definition) is 3. The van der Waals surface area contributed by atoms with Crippen LogP contribution in [-0.2, 0) is 13.7 Å². The standard InChI is InChI=1S/C15H19BrClN3O/c1-9(18-3)12-7-11(17)5-6-14(12)21-8-13-15(16)10(2)19-20(13)4/h5-7,9,18H,8H2,1-4H3. The molecule has 1 aromatic heterocycles. The van der Waals surface area contributed by atoms with E-state index in [0.717, 1.165) is 27.2 Å². The smallest absolute Gasteiger partial charge is 0.131 e. The highest BCUT2D eigenvalue weighted by molar-refractivity contribution is 9.10. The number of aromatic nitrogens is 2. The van der Waals surface area contributed by atoms with Crippen LogP contribution in [0, 0.1) is 6.92 Å². The Labute approximate surface area is 138 Å². The van der Waals surface area contributed by atoms with Crippen molar-refractivity contribution in [3.05, 3.63) is 44.6 Å². The maximum Gasteiger partial charge on any atom is 0.131 e. The Hall–Kier alpha value is -1.04. The number of ether oxygens (including phenoxy) is 1. The van der Waals surface area contributed by atoms with E-state index in [9.17, 15) is 0 Å². The van der Waals surface area contributed by atoms with Crippen molar-refractivity contribution < 1.29 is 4.74 Å². The van der Waals surface area contributed by atoms with Crippen molar-refractivity contribution in [2.45, 2.75) is 26.5 Å². The van der Waals surface area contributed by atoms with Crippen molar-refractivity contribution >= 4 is 27.5 Å². The molecule has 1 atom stereocenters. The lowest BCUT2D eigenvalue weighted by molar-refractivity contribution is 0.288. The summed E-state index contributed by atoms with van der Waals surface area (Å²) >= 11 is 9.63. The van der Waals surface area contributed by atoms with Gasteiger partial charge in [-0.2, -0.15) is 5.10 Å². The van der Waals surface area contributed by atoms with Gasteiger partial charge in [-0.15, -0.1) is 0 Å². The van der Waals surface area contributed by atoms with Crippen molar-refractivity contribution in [2.24, 2.45) is 7.05 Å². The fraction of sp³-hybridized carbons (Fsp3) is 0.400. The Morgan fingerprint density at radius 2 is 2.19 bits per heavy atom. The van der Waals surface area contributed by atoms with Gasteiger partial charge in [0, 0.05) is 23.7 Å². The molecule has 1 N–H and O–H groups in total. The molecule has 0 bridgehead atoms. The zero-order valence-electron chi connectivity index (χ0n) is 12.6. The average Bonchev–Trinajstić information content (AvgIpc) is 2.70. The first-order valence-electron chi connectivity index (χ1n) is 6.71. The molecule has 0 spiro atoms. The number of nitrogens with zero attached hydrogens (tertiary/aromatic N) is 2. The lowest BCUT2D eigenvalue weighted by atomic mass is 10.1. The highest BCUT2D eigenvalue weighted by atomic mass is 79.9. The van der Waals surface area contributed by atoms with Crippen LogP contribution in [-0.4, -0.2) is 16.8 Å². The second-order valence-corrected chi connectivity index (χ2v) is 6.18. The molecule has 0 aliphatic carbocycles. The number of nitrogens with one attached hydrogen (secondary N) is 1. The Kier molecular flexibility index (Phi) is 5.30. The Morgan fingerprint density at radius 3 is 2.76 bits per heavy atom. The summed E-state index contributed by atoms with van der Waals surface area (Å²) in [5.74, 6) is 0.826. The zero-order valence-corrected chi connectivity index (χ0v) is 14.9. The minimum atomic E-state index is 0.162. The molecule has 0 saturated heterocycles. The fourth-order valence-corrected chi connectivity index (χ4v) is 2.76. The molecule has 1 aromatic carbocycles. The molecular weight excluding hydrogens is 354 g/mol. The summed E-state index contributed by atoms with van der Waals surface area (Å²) in [5.41, 5.74) is 3.00. The molecule has 0 fully saturated rings. The van der Waals surface area contributed by atoms with Crippen molar-refractivity contribution in [3.63, 3.8) is 0 Å². The lowest BCUT2D eigenvalue weighted by Gasteiger charge is -2.17. The summed E-state index contributed by atoms with van der Waals surface area (Å²) in [6.45, 7) is 4.48. The quantitative estimate of drug-likeness (QED) is 0.862. The van der Waals surface area contributed by atoms with E-state index in [1.54, 1.807) is 0 Å². The molecule has 21 heavy (non-hydrogen) atoms. The van der Waals surface area contributed by atoms with Crippen LogP contribution in [0.5, 0.6) is 5.75 Å².